The molecule has 2 heterocycles. The van der Waals surface area contributed by atoms with Gasteiger partial charge in [-0.05, 0) is 30.7 Å². The van der Waals surface area contributed by atoms with Crippen LogP contribution in [0.5, 0.6) is 11.5 Å². The molecule has 29 heavy (non-hydrogen) atoms. The summed E-state index contributed by atoms with van der Waals surface area (Å²) in [5, 5.41) is 2.44. The molecule has 0 bridgehead atoms. The monoisotopic (exact) mass is 406 g/mol. The first-order chi connectivity index (χ1) is 13.9. The number of alkyl halides is 3. The first-order valence-electron chi connectivity index (χ1n) is 9.41. The lowest BCUT2D eigenvalue weighted by molar-refractivity contribution is -0.215. The summed E-state index contributed by atoms with van der Waals surface area (Å²) in [6, 6.07) is 13.9. The summed E-state index contributed by atoms with van der Waals surface area (Å²) in [5.41, 5.74) is -1.28. The summed E-state index contributed by atoms with van der Waals surface area (Å²) in [4.78, 5) is 14.5. The van der Waals surface area contributed by atoms with Crippen molar-refractivity contribution in [2.75, 3.05) is 31.6 Å². The number of likely N-dealkylation sites (tertiary alicyclic amines) is 1. The van der Waals surface area contributed by atoms with E-state index in [-0.39, 0.29) is 25.2 Å². The van der Waals surface area contributed by atoms with E-state index in [2.05, 4.69) is 5.32 Å². The quantitative estimate of drug-likeness (QED) is 0.838. The topological polar surface area (TPSA) is 50.8 Å². The number of amides is 1. The Bertz CT molecular complexity index is 888. The van der Waals surface area contributed by atoms with Gasteiger partial charge in [0.15, 0.2) is 16.9 Å². The number of carbonyl (C=O) groups excluding carboxylic acids is 1. The average molecular weight is 406 g/mol. The van der Waals surface area contributed by atoms with E-state index in [4.69, 9.17) is 9.47 Å². The van der Waals surface area contributed by atoms with Crippen molar-refractivity contribution in [1.82, 2.24) is 4.90 Å². The summed E-state index contributed by atoms with van der Waals surface area (Å²) in [7, 11) is 0. The van der Waals surface area contributed by atoms with Crippen molar-refractivity contribution in [3.8, 4) is 11.5 Å². The normalized spacial score (nSPS) is 21.8. The molecule has 0 saturated carbocycles. The van der Waals surface area contributed by atoms with Crippen LogP contribution < -0.4 is 14.8 Å². The Balaban J connectivity index is 1.52. The first-order valence-corrected chi connectivity index (χ1v) is 9.41. The summed E-state index contributed by atoms with van der Waals surface area (Å²) in [6.45, 7) is 0.958. The molecule has 2 aliphatic rings. The minimum atomic E-state index is -4.66. The Morgan fingerprint density at radius 2 is 1.79 bits per heavy atom. The zero-order valence-electron chi connectivity index (χ0n) is 15.7. The van der Waals surface area contributed by atoms with Crippen LogP contribution in [0.25, 0.3) is 0 Å². The van der Waals surface area contributed by atoms with Crippen molar-refractivity contribution in [1.29, 1.82) is 0 Å². The Morgan fingerprint density at radius 1 is 1.07 bits per heavy atom. The van der Waals surface area contributed by atoms with E-state index >= 15 is 0 Å². The first kappa shape index (κ1) is 19.6. The number of hydrogen-bond donors (Lipinski definition) is 1. The van der Waals surface area contributed by atoms with E-state index in [9.17, 15) is 18.0 Å². The fraction of sp³-hybridized carbons (Fsp3) is 0.381. The minimum Gasteiger partial charge on any atom is -0.486 e. The number of nitrogens with one attached hydrogen (secondary N) is 1. The molecule has 2 aromatic rings. The third-order valence-electron chi connectivity index (χ3n) is 5.37. The predicted molar refractivity (Wildman–Crippen MR) is 101 cm³/mol. The van der Waals surface area contributed by atoms with Crippen molar-refractivity contribution >= 4 is 11.6 Å². The van der Waals surface area contributed by atoms with E-state index in [1.54, 1.807) is 11.0 Å². The zero-order valence-corrected chi connectivity index (χ0v) is 15.7. The highest BCUT2D eigenvalue weighted by atomic mass is 19.4. The largest absolute Gasteiger partial charge is 0.486 e. The fourth-order valence-corrected chi connectivity index (χ4v) is 3.78. The summed E-state index contributed by atoms with van der Waals surface area (Å²) < 4.78 is 52.9. The maximum atomic E-state index is 14.0. The molecule has 154 valence electrons. The van der Waals surface area contributed by atoms with Crippen LogP contribution in [0, 0.1) is 5.41 Å². The second-order valence-corrected chi connectivity index (χ2v) is 7.34. The third kappa shape index (κ3) is 3.89. The van der Waals surface area contributed by atoms with Gasteiger partial charge in [0.25, 0.3) is 0 Å². The molecule has 4 rings (SSSR count). The Kier molecular flexibility index (Phi) is 5.12. The van der Waals surface area contributed by atoms with Crippen LogP contribution in [-0.4, -0.2) is 43.3 Å². The van der Waals surface area contributed by atoms with Crippen LogP contribution in [0.3, 0.4) is 0 Å². The van der Waals surface area contributed by atoms with E-state index in [0.29, 0.717) is 31.3 Å². The van der Waals surface area contributed by atoms with Gasteiger partial charge < -0.3 is 14.8 Å². The van der Waals surface area contributed by atoms with Gasteiger partial charge in [0.2, 0.25) is 5.91 Å². The van der Waals surface area contributed by atoms with Crippen molar-refractivity contribution in [3.05, 3.63) is 54.1 Å². The van der Waals surface area contributed by atoms with Crippen LogP contribution in [-0.2, 0) is 11.3 Å². The highest BCUT2D eigenvalue weighted by molar-refractivity contribution is 5.96. The second-order valence-electron chi connectivity index (χ2n) is 7.34. The molecule has 1 unspecified atom stereocenters. The van der Waals surface area contributed by atoms with Gasteiger partial charge in [-0.2, -0.15) is 13.2 Å². The lowest BCUT2D eigenvalue weighted by atomic mass is 9.85. The molecular weight excluding hydrogens is 385 g/mol. The van der Waals surface area contributed by atoms with Crippen LogP contribution in [0.1, 0.15) is 12.0 Å². The Hall–Kier alpha value is -2.74. The maximum Gasteiger partial charge on any atom is 0.404 e. The van der Waals surface area contributed by atoms with Crippen LogP contribution >= 0.6 is 0 Å². The van der Waals surface area contributed by atoms with Crippen molar-refractivity contribution in [2.24, 2.45) is 5.41 Å². The summed E-state index contributed by atoms with van der Waals surface area (Å²) in [6.07, 6.45) is -4.93. The zero-order chi connectivity index (χ0) is 20.5. The molecule has 2 aromatic carbocycles. The molecule has 0 spiro atoms. The maximum absolute atomic E-state index is 14.0. The number of benzene rings is 2. The molecule has 8 heteroatoms. The van der Waals surface area contributed by atoms with Gasteiger partial charge in [-0.3, -0.25) is 9.69 Å². The van der Waals surface area contributed by atoms with E-state index in [1.807, 2.05) is 30.3 Å². The van der Waals surface area contributed by atoms with E-state index in [1.165, 1.54) is 12.1 Å². The van der Waals surface area contributed by atoms with Crippen LogP contribution in [0.2, 0.25) is 0 Å². The predicted octanol–water partition coefficient (Wildman–Crippen LogP) is 3.85. The molecule has 0 aromatic heterocycles. The number of hydrogen-bond acceptors (Lipinski definition) is 4. The molecule has 2 aliphatic heterocycles. The number of carbonyl (C=O) groups is 1. The lowest BCUT2D eigenvalue weighted by Gasteiger charge is -2.30. The van der Waals surface area contributed by atoms with Gasteiger partial charge in [0.1, 0.15) is 13.2 Å². The van der Waals surface area contributed by atoms with Crippen molar-refractivity contribution in [2.45, 2.75) is 19.1 Å². The molecule has 1 fully saturated rings. The van der Waals surface area contributed by atoms with Gasteiger partial charge in [-0.15, -0.1) is 0 Å². The highest BCUT2D eigenvalue weighted by Gasteiger charge is 2.63. The number of nitrogens with zero attached hydrogens (tertiary/aromatic N) is 1. The van der Waals surface area contributed by atoms with Gasteiger partial charge >= 0.3 is 6.18 Å². The van der Waals surface area contributed by atoms with E-state index < -0.39 is 17.5 Å². The summed E-state index contributed by atoms with van der Waals surface area (Å²) in [5.74, 6) is -0.126. The molecule has 5 nitrogen and oxygen atoms in total. The average Bonchev–Trinajstić information content (AvgIpc) is 3.14. The van der Waals surface area contributed by atoms with Gasteiger partial charge in [-0.1, -0.05) is 30.3 Å². The molecular formula is C21H21F3N2O3. The summed E-state index contributed by atoms with van der Waals surface area (Å²) >= 11 is 0. The number of rotatable bonds is 4. The Labute approximate surface area is 166 Å². The lowest BCUT2D eigenvalue weighted by Crippen LogP contribution is -2.49. The van der Waals surface area contributed by atoms with Gasteiger partial charge in [0.05, 0.1) is 0 Å². The van der Waals surface area contributed by atoms with Crippen molar-refractivity contribution in [3.63, 3.8) is 0 Å². The van der Waals surface area contributed by atoms with Crippen molar-refractivity contribution < 1.29 is 27.4 Å². The second kappa shape index (κ2) is 7.59. The number of fused-ring (bicyclic) bond motifs is 1. The molecule has 1 saturated heterocycles. The molecule has 1 atom stereocenters. The third-order valence-corrected chi connectivity index (χ3v) is 5.37. The SMILES string of the molecule is O=C(Nc1ccc2c(c1)OCCO2)C1(C(F)(F)F)CCN(Cc2ccccc2)C1. The fourth-order valence-electron chi connectivity index (χ4n) is 3.78. The van der Waals surface area contributed by atoms with Crippen LogP contribution in [0.4, 0.5) is 18.9 Å². The van der Waals surface area contributed by atoms with E-state index in [0.717, 1.165) is 5.56 Å². The number of halogens is 3. The molecule has 0 aliphatic carbocycles. The minimum absolute atomic E-state index is 0.197. The standard InChI is InChI=1S/C21H21F3N2O3/c22-21(23,24)20(8-9-26(14-20)13-15-4-2-1-3-5-15)19(27)25-16-6-7-17-18(12-16)29-11-10-28-17/h1-7,12H,8-11,13-14H2,(H,25,27). The highest BCUT2D eigenvalue weighted by Crippen LogP contribution is 2.47. The van der Waals surface area contributed by atoms with Gasteiger partial charge in [0, 0.05) is 24.8 Å². The Morgan fingerprint density at radius 3 is 2.52 bits per heavy atom. The molecule has 1 amide bonds. The number of ether oxygens (including phenoxy) is 2. The van der Waals surface area contributed by atoms with Gasteiger partial charge in [-0.25, -0.2) is 0 Å². The molecule has 0 radical (unpaired) electrons. The van der Waals surface area contributed by atoms with Crippen LogP contribution in [0.15, 0.2) is 48.5 Å². The smallest absolute Gasteiger partial charge is 0.404 e. The molecule has 1 N–H and O–H groups in total. The number of anilines is 1.